The highest BCUT2D eigenvalue weighted by molar-refractivity contribution is 7.51. The molecule has 5 heteroatoms. The topological polar surface area (TPSA) is 38.8 Å². The summed E-state index contributed by atoms with van der Waals surface area (Å²) in [5, 5.41) is 0. The molecule has 0 aliphatic rings. The zero-order valence-electron chi connectivity index (χ0n) is 12.5. The van der Waals surface area contributed by atoms with Gasteiger partial charge in [-0.2, -0.15) is 0 Å². The highest BCUT2D eigenvalue weighted by atomic mass is 31.2. The van der Waals surface area contributed by atoms with Gasteiger partial charge >= 0.3 is 7.75 Å². The summed E-state index contributed by atoms with van der Waals surface area (Å²) >= 11 is 0. The van der Waals surface area contributed by atoms with Crippen molar-refractivity contribution in [2.75, 3.05) is 21.3 Å². The van der Waals surface area contributed by atoms with Gasteiger partial charge in [-0.05, 0) is 18.2 Å². The molecule has 0 heterocycles. The summed E-state index contributed by atoms with van der Waals surface area (Å²) in [7, 11) is 1.22. The first-order valence-electron chi connectivity index (χ1n) is 6.67. The van der Waals surface area contributed by atoms with Crippen LogP contribution in [0.4, 0.5) is 0 Å². The summed E-state index contributed by atoms with van der Waals surface area (Å²) < 4.78 is 24.6. The first kappa shape index (κ1) is 15.9. The summed E-state index contributed by atoms with van der Waals surface area (Å²) in [5.41, 5.74) is 2.06. The van der Waals surface area contributed by atoms with E-state index in [-0.39, 0.29) is 6.04 Å². The third-order valence-electron chi connectivity index (χ3n) is 3.45. The summed E-state index contributed by atoms with van der Waals surface area (Å²) in [6.45, 7) is 0. The molecule has 0 aromatic heterocycles. The Morgan fingerprint density at radius 2 is 1.24 bits per heavy atom. The Hall–Kier alpha value is -1.45. The Morgan fingerprint density at radius 1 is 0.857 bits per heavy atom. The molecular formula is C16H20NO3P. The van der Waals surface area contributed by atoms with Gasteiger partial charge in [0.05, 0.1) is 6.04 Å². The molecule has 2 rings (SSSR count). The van der Waals surface area contributed by atoms with Crippen molar-refractivity contribution in [1.29, 1.82) is 0 Å². The lowest BCUT2D eigenvalue weighted by Crippen LogP contribution is -2.24. The second-order valence-electron chi connectivity index (χ2n) is 4.63. The minimum Gasteiger partial charge on any atom is -0.300 e. The third-order valence-corrected chi connectivity index (χ3v) is 5.38. The van der Waals surface area contributed by atoms with Gasteiger partial charge in [-0.3, -0.25) is 9.05 Å². The maximum Gasteiger partial charge on any atom is 0.408 e. The summed E-state index contributed by atoms with van der Waals surface area (Å²) in [6, 6.07) is 19.6. The van der Waals surface area contributed by atoms with Crippen molar-refractivity contribution < 1.29 is 13.6 Å². The number of benzene rings is 2. The second-order valence-corrected chi connectivity index (χ2v) is 6.93. The quantitative estimate of drug-likeness (QED) is 0.753. The normalized spacial score (nSPS) is 12.0. The van der Waals surface area contributed by atoms with Gasteiger partial charge in [-0.25, -0.2) is 9.24 Å². The van der Waals surface area contributed by atoms with E-state index >= 15 is 0 Å². The van der Waals surface area contributed by atoms with Crippen molar-refractivity contribution >= 4 is 7.75 Å². The maximum atomic E-state index is 12.7. The zero-order chi connectivity index (χ0) is 15.3. The van der Waals surface area contributed by atoms with Gasteiger partial charge in [-0.1, -0.05) is 60.7 Å². The Labute approximate surface area is 125 Å². The molecule has 0 atom stereocenters. The lowest BCUT2D eigenvalue weighted by atomic mass is 9.99. The van der Waals surface area contributed by atoms with Crippen LogP contribution in [0.5, 0.6) is 0 Å². The van der Waals surface area contributed by atoms with Gasteiger partial charge < -0.3 is 0 Å². The van der Waals surface area contributed by atoms with E-state index in [0.717, 1.165) is 11.1 Å². The molecule has 21 heavy (non-hydrogen) atoms. The van der Waals surface area contributed by atoms with Crippen molar-refractivity contribution in [1.82, 2.24) is 4.67 Å². The highest BCUT2D eigenvalue weighted by Gasteiger charge is 2.35. The van der Waals surface area contributed by atoms with Gasteiger partial charge in [-0.15, -0.1) is 0 Å². The molecule has 0 unspecified atom stereocenters. The van der Waals surface area contributed by atoms with E-state index in [4.69, 9.17) is 9.05 Å². The van der Waals surface area contributed by atoms with Crippen molar-refractivity contribution in [2.45, 2.75) is 6.04 Å². The molecule has 0 aliphatic carbocycles. The van der Waals surface area contributed by atoms with Crippen molar-refractivity contribution in [3.63, 3.8) is 0 Å². The van der Waals surface area contributed by atoms with Crippen LogP contribution in [0.15, 0.2) is 60.7 Å². The molecule has 0 fully saturated rings. The standard InChI is InChI=1S/C16H20NO3P/c1-17(21(18,19-2)20-3)16(14-10-6-4-7-11-14)15-12-8-5-9-13-15/h4-13,16H,1-3H3. The van der Waals surface area contributed by atoms with Gasteiger partial charge in [0.25, 0.3) is 0 Å². The average Bonchev–Trinajstić information content (AvgIpc) is 2.56. The molecule has 0 radical (unpaired) electrons. The molecule has 2 aromatic carbocycles. The molecule has 0 bridgehead atoms. The molecule has 0 saturated carbocycles. The Bertz CT molecular complexity index is 556. The van der Waals surface area contributed by atoms with E-state index in [1.807, 2.05) is 60.7 Å². The highest BCUT2D eigenvalue weighted by Crippen LogP contribution is 2.54. The van der Waals surface area contributed by atoms with Gasteiger partial charge in [0, 0.05) is 14.2 Å². The largest absolute Gasteiger partial charge is 0.408 e. The van der Waals surface area contributed by atoms with Crippen molar-refractivity contribution in [3.05, 3.63) is 71.8 Å². The lowest BCUT2D eigenvalue weighted by Gasteiger charge is -2.32. The van der Waals surface area contributed by atoms with Crippen LogP contribution in [0.2, 0.25) is 0 Å². The van der Waals surface area contributed by atoms with Gasteiger partial charge in [0.2, 0.25) is 0 Å². The summed E-state index contributed by atoms with van der Waals surface area (Å²) in [5.74, 6) is 0. The zero-order valence-corrected chi connectivity index (χ0v) is 13.4. The molecule has 0 spiro atoms. The maximum absolute atomic E-state index is 12.7. The van der Waals surface area contributed by atoms with Crippen molar-refractivity contribution in [2.24, 2.45) is 0 Å². The minimum absolute atomic E-state index is 0.210. The molecule has 0 N–H and O–H groups in total. The fourth-order valence-electron chi connectivity index (χ4n) is 2.37. The SMILES string of the molecule is COP(=O)(OC)N(C)C(c1ccccc1)c1ccccc1. The van der Waals surface area contributed by atoms with E-state index in [0.29, 0.717) is 0 Å². The number of rotatable bonds is 6. The van der Waals surface area contributed by atoms with Crippen LogP contribution in [0.25, 0.3) is 0 Å². The molecule has 0 aliphatic heterocycles. The first-order valence-corrected chi connectivity index (χ1v) is 8.16. The van der Waals surface area contributed by atoms with E-state index in [1.54, 1.807) is 11.7 Å². The van der Waals surface area contributed by atoms with Crippen LogP contribution in [0, 0.1) is 0 Å². The number of hydrogen-bond acceptors (Lipinski definition) is 3. The molecule has 112 valence electrons. The van der Waals surface area contributed by atoms with Crippen LogP contribution < -0.4 is 0 Å². The summed E-state index contributed by atoms with van der Waals surface area (Å²) in [6.07, 6.45) is 0. The van der Waals surface area contributed by atoms with Crippen LogP contribution in [0.1, 0.15) is 17.2 Å². The van der Waals surface area contributed by atoms with Gasteiger partial charge in [0.15, 0.2) is 0 Å². The third kappa shape index (κ3) is 3.42. The van der Waals surface area contributed by atoms with Crippen LogP contribution in [0.3, 0.4) is 0 Å². The minimum atomic E-state index is -3.33. The lowest BCUT2D eigenvalue weighted by molar-refractivity contribution is 0.208. The van der Waals surface area contributed by atoms with E-state index in [1.165, 1.54) is 14.2 Å². The van der Waals surface area contributed by atoms with E-state index in [2.05, 4.69) is 0 Å². The smallest absolute Gasteiger partial charge is 0.300 e. The number of hydrogen-bond donors (Lipinski definition) is 0. The van der Waals surface area contributed by atoms with Crippen LogP contribution >= 0.6 is 7.75 Å². The molecule has 0 saturated heterocycles. The second kappa shape index (κ2) is 7.01. The van der Waals surface area contributed by atoms with E-state index < -0.39 is 7.75 Å². The Kier molecular flexibility index (Phi) is 5.32. The van der Waals surface area contributed by atoms with Gasteiger partial charge in [0.1, 0.15) is 0 Å². The van der Waals surface area contributed by atoms with Crippen LogP contribution in [-0.4, -0.2) is 25.9 Å². The van der Waals surface area contributed by atoms with Crippen LogP contribution in [-0.2, 0) is 13.6 Å². The average molecular weight is 305 g/mol. The predicted molar refractivity (Wildman–Crippen MR) is 84.1 cm³/mol. The fourth-order valence-corrected chi connectivity index (χ4v) is 3.58. The summed E-state index contributed by atoms with van der Waals surface area (Å²) in [4.78, 5) is 0. The number of nitrogens with zero attached hydrogens (tertiary/aromatic N) is 1. The molecule has 2 aromatic rings. The fraction of sp³-hybridized carbons (Fsp3) is 0.250. The molecule has 0 amide bonds. The van der Waals surface area contributed by atoms with E-state index in [9.17, 15) is 4.57 Å². The Morgan fingerprint density at radius 3 is 1.57 bits per heavy atom. The predicted octanol–water partition coefficient (Wildman–Crippen LogP) is 4.11. The van der Waals surface area contributed by atoms with Crippen molar-refractivity contribution in [3.8, 4) is 0 Å². The molecule has 4 nitrogen and oxygen atoms in total. The Balaban J connectivity index is 2.50. The molecular weight excluding hydrogens is 285 g/mol. The first-order chi connectivity index (χ1) is 10.1. The monoisotopic (exact) mass is 305 g/mol.